The summed E-state index contributed by atoms with van der Waals surface area (Å²) in [7, 11) is 0. The zero-order valence-corrected chi connectivity index (χ0v) is 20.0. The summed E-state index contributed by atoms with van der Waals surface area (Å²) in [6.45, 7) is 2.51. The van der Waals surface area contributed by atoms with Crippen LogP contribution in [-0.4, -0.2) is 30.3 Å². The van der Waals surface area contributed by atoms with Gasteiger partial charge in [-0.3, -0.25) is 4.79 Å². The van der Waals surface area contributed by atoms with Crippen LogP contribution in [0.25, 0.3) is 33.7 Å². The predicted molar refractivity (Wildman–Crippen MR) is 133 cm³/mol. The molecule has 2 aromatic carbocycles. The van der Waals surface area contributed by atoms with E-state index in [0.29, 0.717) is 18.1 Å². The lowest BCUT2D eigenvalue weighted by atomic mass is 10.0. The molecule has 8 nitrogen and oxygen atoms in total. The molecule has 0 saturated heterocycles. The first-order chi connectivity index (χ1) is 16.5. The number of furan rings is 1. The van der Waals surface area contributed by atoms with E-state index in [9.17, 15) is 9.90 Å². The van der Waals surface area contributed by atoms with Gasteiger partial charge in [-0.1, -0.05) is 43.7 Å². The topological polar surface area (TPSA) is 110 Å². The Hall–Kier alpha value is -3.72. The summed E-state index contributed by atoms with van der Waals surface area (Å²) in [5.41, 5.74) is 3.96. The number of rotatable bonds is 7. The Morgan fingerprint density at radius 1 is 1.12 bits per heavy atom. The second kappa shape index (κ2) is 9.26. The van der Waals surface area contributed by atoms with Crippen molar-refractivity contribution in [2.75, 3.05) is 0 Å². The number of hydrogen-bond donors (Lipinski definition) is 2. The van der Waals surface area contributed by atoms with Crippen molar-refractivity contribution in [3.63, 3.8) is 0 Å². The van der Waals surface area contributed by atoms with Gasteiger partial charge in [-0.15, -0.1) is 5.10 Å². The molecule has 0 bridgehead atoms. The lowest BCUT2D eigenvalue weighted by molar-refractivity contribution is 0.468. The van der Waals surface area contributed by atoms with Crippen molar-refractivity contribution in [1.82, 2.24) is 25.2 Å². The molecule has 0 radical (unpaired) electrons. The molecule has 2 N–H and O–H groups in total. The summed E-state index contributed by atoms with van der Waals surface area (Å²) in [6.07, 6.45) is 2.68. The molecule has 9 heteroatoms. The maximum Gasteiger partial charge on any atom is 0.254 e. The van der Waals surface area contributed by atoms with Crippen LogP contribution in [-0.2, 0) is 13.0 Å². The van der Waals surface area contributed by atoms with Gasteiger partial charge in [0.25, 0.3) is 5.56 Å². The fourth-order valence-electron chi connectivity index (χ4n) is 4.11. The number of nitrogens with one attached hydrogen (secondary N) is 1. The summed E-state index contributed by atoms with van der Waals surface area (Å²) in [6, 6.07) is 16.6. The average molecular weight is 520 g/mol. The molecule has 0 amide bonds. The van der Waals surface area contributed by atoms with Crippen molar-refractivity contribution in [1.29, 1.82) is 0 Å². The normalized spacial score (nSPS) is 11.4. The molecular weight excluding hydrogens is 498 g/mol. The first-order valence-electron chi connectivity index (χ1n) is 11.0. The minimum absolute atomic E-state index is 0.00523. The van der Waals surface area contributed by atoms with E-state index in [1.165, 1.54) is 6.07 Å². The molecule has 3 aromatic heterocycles. The Morgan fingerprint density at radius 2 is 1.94 bits per heavy atom. The SMILES string of the molecule is CCCCc1cc(O)cc(=O)n1Cc1ccc2oc(-c3ccccc3-c3nnn[nH]3)c(Br)c2c1. The molecule has 0 fully saturated rings. The summed E-state index contributed by atoms with van der Waals surface area (Å²) in [5, 5.41) is 25.0. The Balaban J connectivity index is 1.55. The van der Waals surface area contributed by atoms with Crippen molar-refractivity contribution in [3.05, 3.63) is 80.7 Å². The van der Waals surface area contributed by atoms with Crippen LogP contribution in [0.5, 0.6) is 5.75 Å². The van der Waals surface area contributed by atoms with Gasteiger partial charge >= 0.3 is 0 Å². The third-order valence-electron chi connectivity index (χ3n) is 5.79. The van der Waals surface area contributed by atoms with Gasteiger partial charge in [-0.25, -0.2) is 5.10 Å². The Labute approximate surface area is 203 Å². The zero-order chi connectivity index (χ0) is 23.7. The minimum Gasteiger partial charge on any atom is -0.508 e. The van der Waals surface area contributed by atoms with E-state index >= 15 is 0 Å². The predicted octanol–water partition coefficient (Wildman–Crippen LogP) is 5.30. The summed E-state index contributed by atoms with van der Waals surface area (Å²) in [4.78, 5) is 12.7. The van der Waals surface area contributed by atoms with Crippen LogP contribution < -0.4 is 5.56 Å². The Kier molecular flexibility index (Phi) is 6.02. The number of benzene rings is 2. The second-order valence-corrected chi connectivity index (χ2v) is 8.90. The van der Waals surface area contributed by atoms with Crippen LogP contribution in [0.1, 0.15) is 31.0 Å². The lowest BCUT2D eigenvalue weighted by Crippen LogP contribution is -2.23. The average Bonchev–Trinajstić information content (AvgIpc) is 3.48. The summed E-state index contributed by atoms with van der Waals surface area (Å²) < 4.78 is 8.75. The number of nitrogens with zero attached hydrogens (tertiary/aromatic N) is 4. The molecule has 5 rings (SSSR count). The van der Waals surface area contributed by atoms with E-state index in [1.807, 2.05) is 42.5 Å². The third kappa shape index (κ3) is 4.14. The highest BCUT2D eigenvalue weighted by molar-refractivity contribution is 9.10. The van der Waals surface area contributed by atoms with Crippen LogP contribution in [0.3, 0.4) is 0 Å². The molecule has 0 aliphatic heterocycles. The zero-order valence-electron chi connectivity index (χ0n) is 18.5. The van der Waals surface area contributed by atoms with Crippen molar-refractivity contribution < 1.29 is 9.52 Å². The van der Waals surface area contributed by atoms with Crippen molar-refractivity contribution in [3.8, 4) is 28.5 Å². The van der Waals surface area contributed by atoms with E-state index < -0.39 is 0 Å². The van der Waals surface area contributed by atoms with E-state index in [-0.39, 0.29) is 11.3 Å². The number of H-pyrrole nitrogens is 1. The number of aromatic hydroxyl groups is 1. The third-order valence-corrected chi connectivity index (χ3v) is 6.58. The molecular formula is C25H22BrN5O3. The number of pyridine rings is 1. The number of unbranched alkanes of at least 4 members (excludes halogenated alkanes) is 1. The van der Waals surface area contributed by atoms with E-state index in [1.54, 1.807) is 10.6 Å². The quantitative estimate of drug-likeness (QED) is 0.301. The highest BCUT2D eigenvalue weighted by atomic mass is 79.9. The van der Waals surface area contributed by atoms with Gasteiger partial charge in [0.15, 0.2) is 5.82 Å². The van der Waals surface area contributed by atoms with Crippen molar-refractivity contribution in [2.24, 2.45) is 0 Å². The van der Waals surface area contributed by atoms with Gasteiger partial charge in [0.1, 0.15) is 17.1 Å². The first-order valence-corrected chi connectivity index (χ1v) is 11.8. The summed E-state index contributed by atoms with van der Waals surface area (Å²) in [5.74, 6) is 1.23. The van der Waals surface area contributed by atoms with E-state index in [0.717, 1.165) is 57.1 Å². The van der Waals surface area contributed by atoms with Crippen LogP contribution in [0.15, 0.2) is 68.3 Å². The van der Waals surface area contributed by atoms with Crippen LogP contribution in [0, 0.1) is 0 Å². The highest BCUT2D eigenvalue weighted by Gasteiger charge is 2.19. The lowest BCUT2D eigenvalue weighted by Gasteiger charge is -2.13. The van der Waals surface area contributed by atoms with Gasteiger partial charge in [0.2, 0.25) is 0 Å². The molecule has 0 aliphatic carbocycles. The van der Waals surface area contributed by atoms with Gasteiger partial charge in [-0.05, 0) is 63.0 Å². The van der Waals surface area contributed by atoms with E-state index in [4.69, 9.17) is 4.42 Å². The van der Waals surface area contributed by atoms with Crippen LogP contribution in [0.2, 0.25) is 0 Å². The van der Waals surface area contributed by atoms with Crippen molar-refractivity contribution >= 4 is 26.9 Å². The number of aryl methyl sites for hydroxylation is 1. The fraction of sp³-hybridized carbons (Fsp3) is 0.200. The van der Waals surface area contributed by atoms with Gasteiger partial charge < -0.3 is 14.1 Å². The van der Waals surface area contributed by atoms with Crippen LogP contribution in [0.4, 0.5) is 0 Å². The van der Waals surface area contributed by atoms with Gasteiger partial charge in [0.05, 0.1) is 11.0 Å². The summed E-state index contributed by atoms with van der Waals surface area (Å²) >= 11 is 3.72. The Morgan fingerprint density at radius 3 is 2.71 bits per heavy atom. The monoisotopic (exact) mass is 519 g/mol. The number of tetrazole rings is 1. The maximum absolute atomic E-state index is 12.7. The molecule has 5 aromatic rings. The second-order valence-electron chi connectivity index (χ2n) is 8.10. The van der Waals surface area contributed by atoms with Gasteiger partial charge in [-0.2, -0.15) is 0 Å². The first kappa shape index (κ1) is 22.1. The highest BCUT2D eigenvalue weighted by Crippen LogP contribution is 2.41. The maximum atomic E-state index is 12.7. The minimum atomic E-state index is -0.215. The Bertz CT molecular complexity index is 1520. The number of aromatic amines is 1. The molecule has 0 atom stereocenters. The molecule has 0 unspecified atom stereocenters. The van der Waals surface area contributed by atoms with E-state index in [2.05, 4.69) is 43.5 Å². The number of fused-ring (bicyclic) bond motifs is 1. The molecule has 0 saturated carbocycles. The fourth-order valence-corrected chi connectivity index (χ4v) is 4.71. The standard InChI is InChI=1S/C25H22BrN5O3/c1-2-3-6-16-12-17(32)13-22(33)31(16)14-15-9-10-21-20(11-15)23(26)24(34-21)18-7-4-5-8-19(18)25-27-29-30-28-25/h4-5,7-13,32H,2-3,6,14H2,1H3,(H,27,28,29,30). The number of hydrogen-bond acceptors (Lipinski definition) is 6. The van der Waals surface area contributed by atoms with Gasteiger partial charge in [0, 0.05) is 28.3 Å². The molecule has 0 aliphatic rings. The number of halogens is 1. The molecule has 172 valence electrons. The van der Waals surface area contributed by atoms with Crippen LogP contribution >= 0.6 is 15.9 Å². The largest absolute Gasteiger partial charge is 0.508 e. The smallest absolute Gasteiger partial charge is 0.254 e. The number of aromatic nitrogens is 5. The van der Waals surface area contributed by atoms with Crippen molar-refractivity contribution in [2.45, 2.75) is 32.7 Å². The molecule has 0 spiro atoms. The molecule has 3 heterocycles. The molecule has 34 heavy (non-hydrogen) atoms.